The Bertz CT molecular complexity index is 1270. The predicted octanol–water partition coefficient (Wildman–Crippen LogP) is 3.29. The first-order valence-corrected chi connectivity index (χ1v) is 13.1. The number of rotatable bonds is 8. The van der Waals surface area contributed by atoms with Gasteiger partial charge < -0.3 is 15.0 Å². The summed E-state index contributed by atoms with van der Waals surface area (Å²) in [6.07, 6.45) is 0. The number of hydrogen-bond donors (Lipinski definition) is 1. The molecule has 3 aromatic rings. The van der Waals surface area contributed by atoms with Gasteiger partial charge in [-0.05, 0) is 41.8 Å². The van der Waals surface area contributed by atoms with Crippen LogP contribution in [0.25, 0.3) is 11.1 Å². The zero-order valence-electron chi connectivity index (χ0n) is 20.1. The Morgan fingerprint density at radius 1 is 0.971 bits per heavy atom. The molecule has 7 nitrogen and oxygen atoms in total. The third kappa shape index (κ3) is 5.73. The van der Waals surface area contributed by atoms with E-state index in [0.29, 0.717) is 37.5 Å². The van der Waals surface area contributed by atoms with Crippen molar-refractivity contribution in [2.75, 3.05) is 39.8 Å². The van der Waals surface area contributed by atoms with Crippen LogP contribution in [0.4, 0.5) is 0 Å². The van der Waals surface area contributed by atoms with Gasteiger partial charge in [-0.1, -0.05) is 54.6 Å². The number of para-hydroxylation sites is 1. The third-order valence-electron chi connectivity index (χ3n) is 6.27. The highest BCUT2D eigenvalue weighted by molar-refractivity contribution is 7.89. The Labute approximate surface area is 207 Å². The van der Waals surface area contributed by atoms with E-state index in [1.54, 1.807) is 30.2 Å². The lowest BCUT2D eigenvalue weighted by atomic mass is 10.0. The fraction of sp³-hybridized carbons (Fsp3) is 0.296. The van der Waals surface area contributed by atoms with Crippen LogP contribution in [0.3, 0.4) is 0 Å². The van der Waals surface area contributed by atoms with Gasteiger partial charge in [0.25, 0.3) is 0 Å². The van der Waals surface area contributed by atoms with Crippen molar-refractivity contribution in [3.05, 3.63) is 83.9 Å². The smallest absolute Gasteiger partial charge is 0.243 e. The van der Waals surface area contributed by atoms with E-state index in [1.165, 1.54) is 4.31 Å². The molecule has 0 spiro atoms. The Kier molecular flexibility index (Phi) is 7.85. The van der Waals surface area contributed by atoms with Crippen molar-refractivity contribution in [2.24, 2.45) is 0 Å². The molecule has 0 unspecified atom stereocenters. The minimum atomic E-state index is -3.95. The Morgan fingerprint density at radius 2 is 1.63 bits per heavy atom. The molecule has 1 aliphatic rings. The van der Waals surface area contributed by atoms with Gasteiger partial charge in [-0.25, -0.2) is 8.42 Å². The van der Waals surface area contributed by atoms with E-state index in [4.69, 9.17) is 4.74 Å². The van der Waals surface area contributed by atoms with Gasteiger partial charge in [0.05, 0.1) is 18.6 Å². The van der Waals surface area contributed by atoms with Gasteiger partial charge in [-0.2, -0.15) is 4.31 Å². The third-order valence-corrected chi connectivity index (χ3v) is 8.07. The first-order chi connectivity index (χ1) is 16.9. The second-order valence-corrected chi connectivity index (χ2v) is 10.5. The number of nitrogens with zero attached hydrogens (tertiary/aromatic N) is 2. The van der Waals surface area contributed by atoms with Crippen LogP contribution in [-0.4, -0.2) is 63.4 Å². The van der Waals surface area contributed by atoms with E-state index in [9.17, 15) is 13.2 Å². The van der Waals surface area contributed by atoms with Crippen LogP contribution in [0, 0.1) is 6.92 Å². The summed E-state index contributed by atoms with van der Waals surface area (Å²) in [5, 5.41) is 3.21. The largest absolute Gasteiger partial charge is 0.496 e. The maximum absolute atomic E-state index is 13.8. The quantitative estimate of drug-likeness (QED) is 0.521. The van der Waals surface area contributed by atoms with Gasteiger partial charge in [0.2, 0.25) is 15.9 Å². The molecule has 0 atom stereocenters. The zero-order chi connectivity index (χ0) is 24.8. The van der Waals surface area contributed by atoms with E-state index < -0.39 is 10.0 Å². The van der Waals surface area contributed by atoms with E-state index in [0.717, 1.165) is 16.7 Å². The topological polar surface area (TPSA) is 79.0 Å². The van der Waals surface area contributed by atoms with Crippen molar-refractivity contribution in [3.63, 3.8) is 0 Å². The van der Waals surface area contributed by atoms with Crippen molar-refractivity contribution in [1.29, 1.82) is 0 Å². The number of carbonyl (C=O) groups excluding carboxylic acids is 1. The number of aryl methyl sites for hydroxylation is 1. The summed E-state index contributed by atoms with van der Waals surface area (Å²) >= 11 is 0. The normalized spacial score (nSPS) is 14.2. The van der Waals surface area contributed by atoms with E-state index in [1.807, 2.05) is 61.5 Å². The standard InChI is InChI=1S/C27H31N3O4S/c1-21-7-3-5-9-25(21)22-11-13-24(14-12-22)35(32,33)30(19-23-8-4-6-10-26(23)34-2)20-27(31)29-17-15-28-16-18-29/h3-14,28H,15-20H2,1-2H3. The number of hydrogen-bond acceptors (Lipinski definition) is 5. The molecule has 1 saturated heterocycles. The summed E-state index contributed by atoms with van der Waals surface area (Å²) in [5.74, 6) is 0.374. The van der Waals surface area contributed by atoms with Gasteiger partial charge in [0.1, 0.15) is 5.75 Å². The van der Waals surface area contributed by atoms with Crippen LogP contribution in [0.15, 0.2) is 77.7 Å². The van der Waals surface area contributed by atoms with Gasteiger partial charge in [0, 0.05) is 38.3 Å². The summed E-state index contributed by atoms with van der Waals surface area (Å²) in [5.41, 5.74) is 3.80. The lowest BCUT2D eigenvalue weighted by molar-refractivity contribution is -0.132. The highest BCUT2D eigenvalue weighted by Gasteiger charge is 2.30. The number of methoxy groups -OCH3 is 1. The maximum atomic E-state index is 13.8. The van der Waals surface area contributed by atoms with Crippen molar-refractivity contribution in [2.45, 2.75) is 18.4 Å². The molecular formula is C27H31N3O4S. The molecule has 0 aromatic heterocycles. The molecule has 1 heterocycles. The summed E-state index contributed by atoms with van der Waals surface area (Å²) in [6, 6.07) is 22.1. The summed E-state index contributed by atoms with van der Waals surface area (Å²) in [6.45, 7) is 4.34. The molecule has 0 radical (unpaired) electrons. The number of nitrogens with one attached hydrogen (secondary N) is 1. The second kappa shape index (κ2) is 11.0. The maximum Gasteiger partial charge on any atom is 0.243 e. The average molecular weight is 494 g/mol. The fourth-order valence-corrected chi connectivity index (χ4v) is 5.63. The molecule has 0 saturated carbocycles. The van der Waals surface area contributed by atoms with Crippen LogP contribution >= 0.6 is 0 Å². The molecule has 8 heteroatoms. The van der Waals surface area contributed by atoms with Gasteiger partial charge >= 0.3 is 0 Å². The van der Waals surface area contributed by atoms with Crippen LogP contribution in [-0.2, 0) is 21.4 Å². The summed E-state index contributed by atoms with van der Waals surface area (Å²) in [4.78, 5) is 14.9. The lowest BCUT2D eigenvalue weighted by Crippen LogP contribution is -2.50. The minimum Gasteiger partial charge on any atom is -0.496 e. The Morgan fingerprint density at radius 3 is 2.31 bits per heavy atom. The van der Waals surface area contributed by atoms with Crippen molar-refractivity contribution in [1.82, 2.24) is 14.5 Å². The van der Waals surface area contributed by atoms with E-state index in [2.05, 4.69) is 5.32 Å². The van der Waals surface area contributed by atoms with Crippen molar-refractivity contribution in [3.8, 4) is 16.9 Å². The van der Waals surface area contributed by atoms with Gasteiger partial charge in [-0.15, -0.1) is 0 Å². The molecule has 4 rings (SSSR count). The molecular weight excluding hydrogens is 462 g/mol. The number of piperazine rings is 1. The Hall–Kier alpha value is -3.20. The molecule has 0 bridgehead atoms. The number of carbonyl (C=O) groups is 1. The van der Waals surface area contributed by atoms with Crippen molar-refractivity contribution >= 4 is 15.9 Å². The second-order valence-electron chi connectivity index (χ2n) is 8.56. The number of benzene rings is 3. The SMILES string of the molecule is COc1ccccc1CN(CC(=O)N1CCNCC1)S(=O)(=O)c1ccc(-c2ccccc2C)cc1. The lowest BCUT2D eigenvalue weighted by Gasteiger charge is -2.30. The van der Waals surface area contributed by atoms with Crippen LogP contribution in [0.5, 0.6) is 5.75 Å². The van der Waals surface area contributed by atoms with E-state index >= 15 is 0 Å². The molecule has 184 valence electrons. The highest BCUT2D eigenvalue weighted by Crippen LogP contribution is 2.27. The molecule has 3 aromatic carbocycles. The van der Waals surface area contributed by atoms with Crippen LogP contribution in [0.1, 0.15) is 11.1 Å². The number of sulfonamides is 1. The first kappa shape index (κ1) is 24.9. The average Bonchev–Trinajstić information content (AvgIpc) is 2.89. The summed E-state index contributed by atoms with van der Waals surface area (Å²) < 4.78 is 34.2. The fourth-order valence-electron chi connectivity index (χ4n) is 4.27. The predicted molar refractivity (Wildman–Crippen MR) is 137 cm³/mol. The first-order valence-electron chi connectivity index (χ1n) is 11.7. The Balaban J connectivity index is 1.65. The molecule has 0 aliphatic carbocycles. The molecule has 1 N–H and O–H groups in total. The monoisotopic (exact) mass is 493 g/mol. The molecule has 1 aliphatic heterocycles. The zero-order valence-corrected chi connectivity index (χ0v) is 20.9. The van der Waals surface area contributed by atoms with Gasteiger partial charge in [0.15, 0.2) is 0 Å². The number of ether oxygens (including phenoxy) is 1. The number of amides is 1. The minimum absolute atomic E-state index is 0.0315. The highest BCUT2D eigenvalue weighted by atomic mass is 32.2. The summed E-state index contributed by atoms with van der Waals surface area (Å²) in [7, 11) is -2.40. The van der Waals surface area contributed by atoms with Crippen LogP contribution < -0.4 is 10.1 Å². The van der Waals surface area contributed by atoms with Gasteiger partial charge in [-0.3, -0.25) is 4.79 Å². The molecule has 1 fully saturated rings. The van der Waals surface area contributed by atoms with Crippen LogP contribution in [0.2, 0.25) is 0 Å². The van der Waals surface area contributed by atoms with Crippen molar-refractivity contribution < 1.29 is 17.9 Å². The molecule has 1 amide bonds. The molecule has 35 heavy (non-hydrogen) atoms. The van der Waals surface area contributed by atoms with E-state index in [-0.39, 0.29) is 23.9 Å².